The minimum atomic E-state index is -0.305. The molecule has 0 aliphatic heterocycles. The van der Waals surface area contributed by atoms with E-state index < -0.39 is 0 Å². The Balaban J connectivity index is 1.97. The molecule has 0 saturated heterocycles. The Labute approximate surface area is 98.2 Å². The SMILES string of the molecule is CC(Cc1cccs1)Nc1ncccc1F. The highest BCUT2D eigenvalue weighted by Crippen LogP contribution is 2.15. The molecule has 2 nitrogen and oxygen atoms in total. The summed E-state index contributed by atoms with van der Waals surface area (Å²) in [6.45, 7) is 2.02. The van der Waals surface area contributed by atoms with E-state index in [0.29, 0.717) is 5.82 Å². The van der Waals surface area contributed by atoms with Gasteiger partial charge in [-0.2, -0.15) is 0 Å². The third-order valence-corrected chi connectivity index (χ3v) is 3.13. The lowest BCUT2D eigenvalue weighted by atomic mass is 10.2. The van der Waals surface area contributed by atoms with Gasteiger partial charge in [0.1, 0.15) is 0 Å². The lowest BCUT2D eigenvalue weighted by molar-refractivity contribution is 0.619. The predicted molar refractivity (Wildman–Crippen MR) is 65.3 cm³/mol. The van der Waals surface area contributed by atoms with Crippen molar-refractivity contribution in [3.63, 3.8) is 0 Å². The molecule has 16 heavy (non-hydrogen) atoms. The van der Waals surface area contributed by atoms with Gasteiger partial charge >= 0.3 is 0 Å². The molecule has 2 rings (SSSR count). The average molecular weight is 236 g/mol. The molecule has 0 spiro atoms. The fraction of sp³-hybridized carbons (Fsp3) is 0.250. The first kappa shape index (κ1) is 11.1. The number of anilines is 1. The Morgan fingerprint density at radius 2 is 2.31 bits per heavy atom. The van der Waals surface area contributed by atoms with E-state index in [2.05, 4.69) is 16.4 Å². The molecule has 0 aliphatic rings. The fourth-order valence-corrected chi connectivity index (χ4v) is 2.34. The number of thiophene rings is 1. The van der Waals surface area contributed by atoms with Gasteiger partial charge in [0.2, 0.25) is 0 Å². The summed E-state index contributed by atoms with van der Waals surface area (Å²) in [7, 11) is 0. The molecule has 1 atom stereocenters. The number of hydrogen-bond acceptors (Lipinski definition) is 3. The van der Waals surface area contributed by atoms with E-state index in [9.17, 15) is 4.39 Å². The van der Waals surface area contributed by atoms with Crippen molar-refractivity contribution in [3.05, 3.63) is 46.5 Å². The van der Waals surface area contributed by atoms with Gasteiger partial charge in [-0.25, -0.2) is 9.37 Å². The zero-order valence-corrected chi connectivity index (χ0v) is 9.80. The lowest BCUT2D eigenvalue weighted by Crippen LogP contribution is -2.19. The van der Waals surface area contributed by atoms with Crippen LogP contribution < -0.4 is 5.32 Å². The van der Waals surface area contributed by atoms with E-state index in [4.69, 9.17) is 0 Å². The van der Waals surface area contributed by atoms with Crippen molar-refractivity contribution in [3.8, 4) is 0 Å². The van der Waals surface area contributed by atoms with Crippen molar-refractivity contribution < 1.29 is 4.39 Å². The molecule has 0 saturated carbocycles. The largest absolute Gasteiger partial charge is 0.365 e. The summed E-state index contributed by atoms with van der Waals surface area (Å²) < 4.78 is 13.3. The first-order valence-electron chi connectivity index (χ1n) is 5.15. The predicted octanol–water partition coefficient (Wildman–Crippen LogP) is 3.33. The van der Waals surface area contributed by atoms with Gasteiger partial charge in [0.25, 0.3) is 0 Å². The molecule has 1 N–H and O–H groups in total. The molecule has 0 aromatic carbocycles. The topological polar surface area (TPSA) is 24.9 Å². The molecule has 84 valence electrons. The van der Waals surface area contributed by atoms with Gasteiger partial charge in [-0.15, -0.1) is 11.3 Å². The zero-order valence-electron chi connectivity index (χ0n) is 8.98. The van der Waals surface area contributed by atoms with Crippen molar-refractivity contribution >= 4 is 17.2 Å². The van der Waals surface area contributed by atoms with Gasteiger partial charge in [0, 0.05) is 23.5 Å². The van der Waals surface area contributed by atoms with Crippen molar-refractivity contribution in [2.45, 2.75) is 19.4 Å². The average Bonchev–Trinajstić information content (AvgIpc) is 2.74. The summed E-state index contributed by atoms with van der Waals surface area (Å²) in [5.41, 5.74) is 0. The second-order valence-corrected chi connectivity index (χ2v) is 4.69. The molecule has 0 aliphatic carbocycles. The van der Waals surface area contributed by atoms with Gasteiger partial charge in [-0.05, 0) is 30.5 Å². The number of aromatic nitrogens is 1. The van der Waals surface area contributed by atoms with E-state index in [1.165, 1.54) is 10.9 Å². The molecule has 0 amide bonds. The third kappa shape index (κ3) is 2.79. The van der Waals surface area contributed by atoms with Crippen molar-refractivity contribution in [1.82, 2.24) is 4.98 Å². The maximum absolute atomic E-state index is 13.3. The van der Waals surface area contributed by atoms with E-state index in [-0.39, 0.29) is 11.9 Å². The first-order chi connectivity index (χ1) is 7.75. The summed E-state index contributed by atoms with van der Waals surface area (Å²) >= 11 is 1.71. The second kappa shape index (κ2) is 5.07. The van der Waals surface area contributed by atoms with Gasteiger partial charge in [-0.1, -0.05) is 6.07 Å². The Hall–Kier alpha value is -1.42. The maximum atomic E-state index is 13.3. The third-order valence-electron chi connectivity index (χ3n) is 2.23. The quantitative estimate of drug-likeness (QED) is 0.880. The lowest BCUT2D eigenvalue weighted by Gasteiger charge is -2.13. The highest BCUT2D eigenvalue weighted by Gasteiger charge is 2.08. The number of rotatable bonds is 4. The van der Waals surface area contributed by atoms with Crippen LogP contribution in [0, 0.1) is 5.82 Å². The van der Waals surface area contributed by atoms with Crippen LogP contribution in [0.25, 0.3) is 0 Å². The van der Waals surface area contributed by atoms with Crippen LogP contribution in [0.15, 0.2) is 35.8 Å². The van der Waals surface area contributed by atoms with Crippen LogP contribution in [0.5, 0.6) is 0 Å². The molecule has 0 bridgehead atoms. The standard InChI is InChI=1S/C12H13FN2S/c1-9(8-10-4-3-7-16-10)15-12-11(13)5-2-6-14-12/h2-7,9H,8H2,1H3,(H,14,15). The Morgan fingerprint density at radius 1 is 1.44 bits per heavy atom. The number of nitrogens with one attached hydrogen (secondary N) is 1. The first-order valence-corrected chi connectivity index (χ1v) is 6.03. The van der Waals surface area contributed by atoms with E-state index in [1.807, 2.05) is 18.4 Å². The number of halogens is 1. The monoisotopic (exact) mass is 236 g/mol. The fourth-order valence-electron chi connectivity index (χ4n) is 1.51. The van der Waals surface area contributed by atoms with Gasteiger partial charge in [0.05, 0.1) is 0 Å². The normalized spacial score (nSPS) is 12.4. The molecular weight excluding hydrogens is 223 g/mol. The van der Waals surface area contributed by atoms with E-state index in [1.54, 1.807) is 23.6 Å². The van der Waals surface area contributed by atoms with Crippen molar-refractivity contribution in [1.29, 1.82) is 0 Å². The second-order valence-electron chi connectivity index (χ2n) is 3.66. The van der Waals surface area contributed by atoms with Gasteiger partial charge in [-0.3, -0.25) is 0 Å². The van der Waals surface area contributed by atoms with Crippen LogP contribution in [0.4, 0.5) is 10.2 Å². The maximum Gasteiger partial charge on any atom is 0.165 e. The molecule has 0 radical (unpaired) electrons. The number of pyridine rings is 1. The van der Waals surface area contributed by atoms with Crippen LogP contribution in [0.2, 0.25) is 0 Å². The Bertz CT molecular complexity index is 442. The smallest absolute Gasteiger partial charge is 0.165 e. The minimum Gasteiger partial charge on any atom is -0.365 e. The number of nitrogens with zero attached hydrogens (tertiary/aromatic N) is 1. The van der Waals surface area contributed by atoms with Gasteiger partial charge < -0.3 is 5.32 Å². The zero-order chi connectivity index (χ0) is 11.4. The van der Waals surface area contributed by atoms with E-state index >= 15 is 0 Å². The van der Waals surface area contributed by atoms with Gasteiger partial charge in [0.15, 0.2) is 11.6 Å². The summed E-state index contributed by atoms with van der Waals surface area (Å²) in [6.07, 6.45) is 2.47. The van der Waals surface area contributed by atoms with Crippen molar-refractivity contribution in [2.75, 3.05) is 5.32 Å². The van der Waals surface area contributed by atoms with Crippen molar-refractivity contribution in [2.24, 2.45) is 0 Å². The van der Waals surface area contributed by atoms with Crippen LogP contribution in [-0.2, 0) is 6.42 Å². The highest BCUT2D eigenvalue weighted by atomic mass is 32.1. The summed E-state index contributed by atoms with van der Waals surface area (Å²) in [6, 6.07) is 7.27. The molecule has 1 unspecified atom stereocenters. The summed E-state index contributed by atoms with van der Waals surface area (Å²) in [4.78, 5) is 5.25. The minimum absolute atomic E-state index is 0.169. The summed E-state index contributed by atoms with van der Waals surface area (Å²) in [5.74, 6) is 0.0204. The Morgan fingerprint density at radius 3 is 3.00 bits per heavy atom. The van der Waals surface area contributed by atoms with E-state index in [0.717, 1.165) is 6.42 Å². The van der Waals surface area contributed by atoms with Crippen LogP contribution >= 0.6 is 11.3 Å². The molecular formula is C12H13FN2S. The van der Waals surface area contributed by atoms with Crippen LogP contribution in [0.3, 0.4) is 0 Å². The van der Waals surface area contributed by atoms with Crippen LogP contribution in [-0.4, -0.2) is 11.0 Å². The highest BCUT2D eigenvalue weighted by molar-refractivity contribution is 7.09. The molecule has 2 heterocycles. The van der Waals surface area contributed by atoms with Crippen LogP contribution in [0.1, 0.15) is 11.8 Å². The summed E-state index contributed by atoms with van der Waals surface area (Å²) in [5, 5.41) is 5.11. The molecule has 2 aromatic heterocycles. The number of hydrogen-bond donors (Lipinski definition) is 1. The molecule has 2 aromatic rings. The molecule has 0 fully saturated rings. The molecule has 4 heteroatoms. The Kier molecular flexibility index (Phi) is 3.51.